The van der Waals surface area contributed by atoms with E-state index < -0.39 is 0 Å². The van der Waals surface area contributed by atoms with Gasteiger partial charge in [-0.15, -0.1) is 0 Å². The third kappa shape index (κ3) is 2.91. The molecule has 1 aromatic carbocycles. The van der Waals surface area contributed by atoms with Crippen LogP contribution in [0.5, 0.6) is 0 Å². The second kappa shape index (κ2) is 5.70. The predicted octanol–water partition coefficient (Wildman–Crippen LogP) is 0.494. The van der Waals surface area contributed by atoms with Crippen LogP contribution in [-0.4, -0.2) is 48.4 Å². The molecule has 6 heteroatoms. The van der Waals surface area contributed by atoms with E-state index in [-0.39, 0.29) is 18.7 Å². The molecule has 0 spiro atoms. The van der Waals surface area contributed by atoms with Crippen LogP contribution in [0, 0.1) is 0 Å². The number of hydrogen-bond acceptors (Lipinski definition) is 4. The Balaban J connectivity index is 2.00. The lowest BCUT2D eigenvalue weighted by Crippen LogP contribution is -2.52. The van der Waals surface area contributed by atoms with E-state index in [0.717, 1.165) is 0 Å². The number of nitrogens with zero attached hydrogens (tertiary/aromatic N) is 1. The van der Waals surface area contributed by atoms with Crippen molar-refractivity contribution in [1.29, 1.82) is 0 Å². The Bertz CT molecular complexity index is 408. The molecule has 0 radical (unpaired) electrons. The fraction of sp³-hybridized carbons (Fsp3) is 0.417. The fourth-order valence-electron chi connectivity index (χ4n) is 1.84. The normalized spacial score (nSPS) is 19.6. The first-order valence-electron chi connectivity index (χ1n) is 5.82. The Morgan fingerprint density at radius 2 is 2.22 bits per heavy atom. The van der Waals surface area contributed by atoms with Crippen LogP contribution in [0.3, 0.4) is 0 Å². The van der Waals surface area contributed by atoms with Gasteiger partial charge < -0.3 is 25.8 Å². The molecule has 6 nitrogen and oxygen atoms in total. The average molecular weight is 251 g/mol. The van der Waals surface area contributed by atoms with Crippen LogP contribution in [0.25, 0.3) is 0 Å². The zero-order valence-electron chi connectivity index (χ0n) is 10.0. The first-order valence-corrected chi connectivity index (χ1v) is 5.82. The number of ether oxygens (including phenoxy) is 1. The van der Waals surface area contributed by atoms with Crippen molar-refractivity contribution in [3.8, 4) is 0 Å². The van der Waals surface area contributed by atoms with E-state index >= 15 is 0 Å². The first kappa shape index (κ1) is 12.7. The Morgan fingerprint density at radius 3 is 2.89 bits per heavy atom. The van der Waals surface area contributed by atoms with Gasteiger partial charge in [0.1, 0.15) is 0 Å². The molecule has 1 aromatic rings. The molecule has 1 aliphatic heterocycles. The number of nitrogens with two attached hydrogens (primary N) is 1. The lowest BCUT2D eigenvalue weighted by molar-refractivity contribution is -0.00485. The van der Waals surface area contributed by atoms with Crippen LogP contribution in [0.2, 0.25) is 0 Å². The van der Waals surface area contributed by atoms with E-state index in [0.29, 0.717) is 31.1 Å². The van der Waals surface area contributed by atoms with Crippen molar-refractivity contribution in [2.75, 3.05) is 37.4 Å². The zero-order chi connectivity index (χ0) is 13.0. The molecule has 1 aliphatic rings. The van der Waals surface area contributed by atoms with Crippen molar-refractivity contribution < 1.29 is 14.6 Å². The highest BCUT2D eigenvalue weighted by molar-refractivity contribution is 5.89. The smallest absolute Gasteiger partial charge is 0.322 e. The number of aliphatic hydroxyl groups excluding tert-OH is 1. The minimum Gasteiger partial charge on any atom is -0.399 e. The molecule has 1 unspecified atom stereocenters. The molecule has 2 rings (SSSR count). The maximum atomic E-state index is 12.0. The van der Waals surface area contributed by atoms with Crippen molar-refractivity contribution in [1.82, 2.24) is 4.90 Å². The minimum absolute atomic E-state index is 0.102. The molecule has 18 heavy (non-hydrogen) atoms. The Kier molecular flexibility index (Phi) is 4.01. The van der Waals surface area contributed by atoms with Gasteiger partial charge in [-0.2, -0.15) is 0 Å². The number of aliphatic hydroxyl groups is 1. The molecule has 0 aromatic heterocycles. The molecule has 0 bridgehead atoms. The molecule has 1 heterocycles. The quantitative estimate of drug-likeness (QED) is 0.668. The molecular weight excluding hydrogens is 234 g/mol. The van der Waals surface area contributed by atoms with Gasteiger partial charge >= 0.3 is 6.03 Å². The highest BCUT2D eigenvalue weighted by Crippen LogP contribution is 2.13. The maximum Gasteiger partial charge on any atom is 0.322 e. The van der Waals surface area contributed by atoms with E-state index in [1.807, 2.05) is 0 Å². The van der Waals surface area contributed by atoms with E-state index in [2.05, 4.69) is 5.32 Å². The minimum atomic E-state index is -0.285. The van der Waals surface area contributed by atoms with Gasteiger partial charge in [0.15, 0.2) is 0 Å². The number of anilines is 2. The molecule has 1 saturated heterocycles. The molecule has 4 N–H and O–H groups in total. The molecule has 0 saturated carbocycles. The summed E-state index contributed by atoms with van der Waals surface area (Å²) in [7, 11) is 0. The van der Waals surface area contributed by atoms with Gasteiger partial charge in [-0.25, -0.2) is 4.79 Å². The maximum absolute atomic E-state index is 12.0. The number of amides is 2. The molecule has 1 fully saturated rings. The SMILES string of the molecule is Nc1ccc(NC(=O)N2CCOCC2CO)cc1. The van der Waals surface area contributed by atoms with Gasteiger partial charge in [-0.1, -0.05) is 0 Å². The molecular formula is C12H17N3O3. The van der Waals surface area contributed by atoms with Crippen LogP contribution in [0.4, 0.5) is 16.2 Å². The van der Waals surface area contributed by atoms with E-state index in [4.69, 9.17) is 10.5 Å². The van der Waals surface area contributed by atoms with Gasteiger partial charge in [0.2, 0.25) is 0 Å². The Hall–Kier alpha value is -1.79. The van der Waals surface area contributed by atoms with Crippen LogP contribution >= 0.6 is 0 Å². The van der Waals surface area contributed by atoms with Gasteiger partial charge in [0, 0.05) is 17.9 Å². The largest absolute Gasteiger partial charge is 0.399 e. The lowest BCUT2D eigenvalue weighted by atomic mass is 10.2. The summed E-state index contributed by atoms with van der Waals surface area (Å²) in [6.45, 7) is 1.23. The van der Waals surface area contributed by atoms with E-state index in [1.165, 1.54) is 0 Å². The summed E-state index contributed by atoms with van der Waals surface area (Å²) in [5.41, 5.74) is 6.90. The van der Waals surface area contributed by atoms with E-state index in [9.17, 15) is 9.90 Å². The topological polar surface area (TPSA) is 87.8 Å². The molecule has 0 aliphatic carbocycles. The third-order valence-corrected chi connectivity index (χ3v) is 2.86. The monoisotopic (exact) mass is 251 g/mol. The standard InChI is InChI=1S/C12H17N3O3/c13-9-1-3-10(4-2-9)14-12(17)15-5-6-18-8-11(15)7-16/h1-4,11,16H,5-8,13H2,(H,14,17). The predicted molar refractivity (Wildman–Crippen MR) is 68.3 cm³/mol. The van der Waals surface area contributed by atoms with E-state index in [1.54, 1.807) is 29.2 Å². The fourth-order valence-corrected chi connectivity index (χ4v) is 1.84. The number of hydrogen-bond donors (Lipinski definition) is 3. The number of morpholine rings is 1. The number of carbonyl (C=O) groups excluding carboxylic acids is 1. The van der Waals surface area contributed by atoms with Gasteiger partial charge in [-0.05, 0) is 24.3 Å². The summed E-state index contributed by atoms with van der Waals surface area (Å²) in [6.07, 6.45) is 0. The third-order valence-electron chi connectivity index (χ3n) is 2.86. The lowest BCUT2D eigenvalue weighted by Gasteiger charge is -2.34. The van der Waals surface area contributed by atoms with Crippen molar-refractivity contribution in [2.45, 2.75) is 6.04 Å². The Labute approximate surface area is 105 Å². The highest BCUT2D eigenvalue weighted by atomic mass is 16.5. The van der Waals surface area contributed by atoms with Gasteiger partial charge in [-0.3, -0.25) is 0 Å². The van der Waals surface area contributed by atoms with Crippen LogP contribution in [-0.2, 0) is 4.74 Å². The molecule has 98 valence electrons. The number of nitrogens with one attached hydrogen (secondary N) is 1. The molecule has 1 atom stereocenters. The summed E-state index contributed by atoms with van der Waals surface area (Å²) in [5.74, 6) is 0. The average Bonchev–Trinajstić information content (AvgIpc) is 2.41. The summed E-state index contributed by atoms with van der Waals surface area (Å²) in [6, 6.07) is 6.40. The number of urea groups is 1. The highest BCUT2D eigenvalue weighted by Gasteiger charge is 2.26. The summed E-state index contributed by atoms with van der Waals surface area (Å²) in [5, 5.41) is 12.0. The second-order valence-electron chi connectivity index (χ2n) is 4.16. The zero-order valence-corrected chi connectivity index (χ0v) is 10.0. The van der Waals surface area contributed by atoms with Crippen molar-refractivity contribution in [3.63, 3.8) is 0 Å². The number of benzene rings is 1. The number of nitrogen functional groups attached to an aromatic ring is 1. The first-order chi connectivity index (χ1) is 8.70. The summed E-state index contributed by atoms with van der Waals surface area (Å²) < 4.78 is 5.22. The number of rotatable bonds is 2. The van der Waals surface area contributed by atoms with Crippen molar-refractivity contribution in [2.24, 2.45) is 0 Å². The second-order valence-corrected chi connectivity index (χ2v) is 4.16. The summed E-state index contributed by atoms with van der Waals surface area (Å²) >= 11 is 0. The number of carbonyl (C=O) groups is 1. The van der Waals surface area contributed by atoms with Crippen LogP contribution < -0.4 is 11.1 Å². The molecule has 2 amide bonds. The summed E-state index contributed by atoms with van der Waals surface area (Å²) in [4.78, 5) is 13.6. The Morgan fingerprint density at radius 1 is 1.50 bits per heavy atom. The van der Waals surface area contributed by atoms with Crippen molar-refractivity contribution >= 4 is 17.4 Å². The van der Waals surface area contributed by atoms with Crippen molar-refractivity contribution in [3.05, 3.63) is 24.3 Å². The van der Waals surface area contributed by atoms with Gasteiger partial charge in [0.05, 0.1) is 25.9 Å². The van der Waals surface area contributed by atoms with Gasteiger partial charge in [0.25, 0.3) is 0 Å². The van der Waals surface area contributed by atoms with Crippen LogP contribution in [0.1, 0.15) is 0 Å². The van der Waals surface area contributed by atoms with Crippen LogP contribution in [0.15, 0.2) is 24.3 Å².